The van der Waals surface area contributed by atoms with Crippen LogP contribution in [0.4, 0.5) is 11.5 Å². The third-order valence-corrected chi connectivity index (χ3v) is 4.48. The first-order valence-corrected chi connectivity index (χ1v) is 8.31. The van der Waals surface area contributed by atoms with Crippen LogP contribution in [-0.2, 0) is 21.4 Å². The summed E-state index contributed by atoms with van der Waals surface area (Å²) in [6.45, 7) is 3.73. The molecule has 0 saturated heterocycles. The minimum Gasteiger partial charge on any atom is -0.325 e. The van der Waals surface area contributed by atoms with E-state index in [1.807, 2.05) is 6.92 Å². The lowest BCUT2D eigenvalue weighted by atomic mass is 10.3. The number of hydrogen-bond acceptors (Lipinski definition) is 4. The molecule has 0 saturated carbocycles. The minimum absolute atomic E-state index is 0.00421. The molecule has 0 radical (unpaired) electrons. The van der Waals surface area contributed by atoms with Crippen LogP contribution < -0.4 is 10.0 Å². The van der Waals surface area contributed by atoms with Crippen LogP contribution in [0.5, 0.6) is 0 Å². The van der Waals surface area contributed by atoms with E-state index in [0.717, 1.165) is 0 Å². The number of anilines is 2. The van der Waals surface area contributed by atoms with Crippen molar-refractivity contribution in [3.05, 3.63) is 35.5 Å². The number of rotatable bonds is 5. The molecular weight excluding hydrogens is 328 g/mol. The van der Waals surface area contributed by atoms with Gasteiger partial charge in [0, 0.05) is 19.5 Å². The predicted molar refractivity (Wildman–Crippen MR) is 84.5 cm³/mol. The number of nitrogens with one attached hydrogen (secondary N) is 2. The number of sulfonamides is 1. The number of amides is 1. The highest BCUT2D eigenvalue weighted by Gasteiger charge is 2.18. The summed E-state index contributed by atoms with van der Waals surface area (Å²) in [6, 6.07) is 5.65. The maximum atomic E-state index is 12.4. The third kappa shape index (κ3) is 3.58. The lowest BCUT2D eigenvalue weighted by Gasteiger charge is -2.11. The van der Waals surface area contributed by atoms with Crippen LogP contribution in [0, 0.1) is 0 Å². The molecule has 0 aliphatic heterocycles. The van der Waals surface area contributed by atoms with Crippen molar-refractivity contribution in [3.63, 3.8) is 0 Å². The highest BCUT2D eigenvalue weighted by molar-refractivity contribution is 7.92. The van der Waals surface area contributed by atoms with Gasteiger partial charge in [0.1, 0.15) is 5.82 Å². The van der Waals surface area contributed by atoms with Crippen molar-refractivity contribution in [2.75, 3.05) is 10.0 Å². The van der Waals surface area contributed by atoms with E-state index >= 15 is 0 Å². The van der Waals surface area contributed by atoms with Crippen LogP contribution >= 0.6 is 11.6 Å². The van der Waals surface area contributed by atoms with Gasteiger partial charge in [0.05, 0.1) is 21.8 Å². The van der Waals surface area contributed by atoms with Crippen molar-refractivity contribution in [1.29, 1.82) is 0 Å². The monoisotopic (exact) mass is 342 g/mol. The Morgan fingerprint density at radius 3 is 2.68 bits per heavy atom. The van der Waals surface area contributed by atoms with Gasteiger partial charge in [-0.05, 0) is 25.1 Å². The number of aromatic nitrogens is 2. The van der Waals surface area contributed by atoms with Gasteiger partial charge in [-0.2, -0.15) is 5.10 Å². The van der Waals surface area contributed by atoms with E-state index in [4.69, 9.17) is 11.6 Å². The second kappa shape index (κ2) is 6.37. The van der Waals surface area contributed by atoms with Gasteiger partial charge in [-0.1, -0.05) is 11.6 Å². The van der Waals surface area contributed by atoms with Crippen LogP contribution in [0.1, 0.15) is 13.8 Å². The molecule has 0 fully saturated rings. The molecule has 2 aromatic rings. The molecule has 2 rings (SSSR count). The highest BCUT2D eigenvalue weighted by atomic mass is 35.5. The lowest BCUT2D eigenvalue weighted by molar-refractivity contribution is -0.114. The topological polar surface area (TPSA) is 93.1 Å². The summed E-state index contributed by atoms with van der Waals surface area (Å²) in [5.74, 6) is 0.0760. The van der Waals surface area contributed by atoms with E-state index in [0.29, 0.717) is 18.1 Å². The fraction of sp³-hybridized carbons (Fsp3) is 0.231. The zero-order valence-corrected chi connectivity index (χ0v) is 13.6. The Morgan fingerprint density at radius 2 is 2.09 bits per heavy atom. The molecule has 0 spiro atoms. The number of nitrogens with zero attached hydrogens (tertiary/aromatic N) is 2. The fourth-order valence-electron chi connectivity index (χ4n) is 1.82. The molecule has 0 aliphatic rings. The van der Waals surface area contributed by atoms with Gasteiger partial charge >= 0.3 is 0 Å². The second-order valence-electron chi connectivity index (χ2n) is 4.46. The maximum absolute atomic E-state index is 12.4. The summed E-state index contributed by atoms with van der Waals surface area (Å²) in [5.41, 5.74) is 0.353. The first kappa shape index (κ1) is 16.3. The minimum atomic E-state index is -3.79. The molecule has 1 aromatic carbocycles. The Hall–Kier alpha value is -2.06. The molecule has 0 unspecified atom stereocenters. The largest absolute Gasteiger partial charge is 0.325 e. The summed E-state index contributed by atoms with van der Waals surface area (Å²) in [7, 11) is -3.79. The van der Waals surface area contributed by atoms with E-state index < -0.39 is 10.0 Å². The van der Waals surface area contributed by atoms with E-state index in [1.165, 1.54) is 36.0 Å². The zero-order chi connectivity index (χ0) is 16.3. The zero-order valence-electron chi connectivity index (χ0n) is 12.0. The molecule has 0 bridgehead atoms. The van der Waals surface area contributed by atoms with Gasteiger partial charge in [0.2, 0.25) is 5.91 Å². The molecular formula is C13H15ClN4O3S. The Bertz CT molecular complexity index is 801. The Morgan fingerprint density at radius 1 is 1.36 bits per heavy atom. The van der Waals surface area contributed by atoms with Gasteiger partial charge in [-0.3, -0.25) is 9.52 Å². The van der Waals surface area contributed by atoms with Crippen molar-refractivity contribution >= 4 is 39.0 Å². The number of carbonyl (C=O) groups is 1. The molecule has 0 aliphatic carbocycles. The molecule has 1 amide bonds. The van der Waals surface area contributed by atoms with Crippen LogP contribution in [0.2, 0.25) is 5.02 Å². The molecule has 9 heteroatoms. The van der Waals surface area contributed by atoms with E-state index in [9.17, 15) is 13.2 Å². The Labute approximate surface area is 133 Å². The van der Waals surface area contributed by atoms with E-state index in [1.54, 1.807) is 6.07 Å². The number of benzene rings is 1. The summed E-state index contributed by atoms with van der Waals surface area (Å²) < 4.78 is 28.7. The van der Waals surface area contributed by atoms with Crippen molar-refractivity contribution in [1.82, 2.24) is 9.78 Å². The molecule has 1 heterocycles. The molecule has 1 aromatic heterocycles. The average Bonchev–Trinajstić information content (AvgIpc) is 2.87. The van der Waals surface area contributed by atoms with E-state index in [2.05, 4.69) is 15.1 Å². The highest BCUT2D eigenvalue weighted by Crippen LogP contribution is 2.26. The summed E-state index contributed by atoms with van der Waals surface area (Å²) in [4.78, 5) is 11.0. The van der Waals surface area contributed by atoms with Crippen LogP contribution in [0.15, 0.2) is 35.4 Å². The first-order chi connectivity index (χ1) is 10.3. The SMILES string of the molecule is CCn1nccc1NS(=O)(=O)c1ccc(NC(C)=O)c(Cl)c1. The predicted octanol–water partition coefficient (Wildman–Crippen LogP) is 2.32. The molecule has 118 valence electrons. The standard InChI is InChI=1S/C13H15ClN4O3S/c1-3-18-13(6-7-15-18)17-22(20,21)10-4-5-12(11(14)8-10)16-9(2)19/h4-8,17H,3H2,1-2H3,(H,16,19). The summed E-state index contributed by atoms with van der Waals surface area (Å²) in [5, 5.41) is 6.65. The summed E-state index contributed by atoms with van der Waals surface area (Å²) >= 11 is 6.00. The second-order valence-corrected chi connectivity index (χ2v) is 6.55. The number of carbonyl (C=O) groups excluding carboxylic acids is 1. The first-order valence-electron chi connectivity index (χ1n) is 6.45. The van der Waals surface area contributed by atoms with Gasteiger partial charge in [-0.15, -0.1) is 0 Å². The smallest absolute Gasteiger partial charge is 0.263 e. The van der Waals surface area contributed by atoms with Crippen LogP contribution in [0.25, 0.3) is 0 Å². The van der Waals surface area contributed by atoms with Gasteiger partial charge < -0.3 is 5.32 Å². The Balaban J connectivity index is 2.30. The van der Waals surface area contributed by atoms with Crippen LogP contribution in [-0.4, -0.2) is 24.1 Å². The van der Waals surface area contributed by atoms with Gasteiger partial charge in [0.15, 0.2) is 0 Å². The van der Waals surface area contributed by atoms with Gasteiger partial charge in [-0.25, -0.2) is 13.1 Å². The quantitative estimate of drug-likeness (QED) is 0.872. The van der Waals surface area contributed by atoms with Crippen molar-refractivity contribution in [2.24, 2.45) is 0 Å². The van der Waals surface area contributed by atoms with E-state index in [-0.39, 0.29) is 15.8 Å². The normalized spacial score (nSPS) is 11.2. The van der Waals surface area contributed by atoms with Gasteiger partial charge in [0.25, 0.3) is 10.0 Å². The number of hydrogen-bond donors (Lipinski definition) is 2. The molecule has 2 N–H and O–H groups in total. The van der Waals surface area contributed by atoms with Crippen LogP contribution in [0.3, 0.4) is 0 Å². The molecule has 0 atom stereocenters. The maximum Gasteiger partial charge on any atom is 0.263 e. The third-order valence-electron chi connectivity index (χ3n) is 2.82. The molecule has 22 heavy (non-hydrogen) atoms. The number of aryl methyl sites for hydroxylation is 1. The Kier molecular flexibility index (Phi) is 4.72. The average molecular weight is 343 g/mol. The molecule has 7 nitrogen and oxygen atoms in total. The summed E-state index contributed by atoms with van der Waals surface area (Å²) in [6.07, 6.45) is 1.51. The number of halogens is 1. The fourth-order valence-corrected chi connectivity index (χ4v) is 3.20. The van der Waals surface area contributed by atoms with Crippen molar-refractivity contribution in [3.8, 4) is 0 Å². The van der Waals surface area contributed by atoms with Crippen molar-refractivity contribution in [2.45, 2.75) is 25.3 Å². The van der Waals surface area contributed by atoms with Crippen molar-refractivity contribution < 1.29 is 13.2 Å². The lowest BCUT2D eigenvalue weighted by Crippen LogP contribution is -2.16.